The fraction of sp³-hybridized carbons (Fsp3) is 0.0714. The molecule has 0 atom stereocenters. The SMILES string of the molecule is Cn1cc(-c2ccc(C=O)nn2)c2ccccc21. The summed E-state index contributed by atoms with van der Waals surface area (Å²) in [5, 5.41) is 9.08. The van der Waals surface area contributed by atoms with Gasteiger partial charge in [0.1, 0.15) is 5.69 Å². The van der Waals surface area contributed by atoms with Crippen LogP contribution < -0.4 is 0 Å². The average Bonchev–Trinajstić information content (AvgIpc) is 2.77. The third-order valence-corrected chi connectivity index (χ3v) is 2.98. The van der Waals surface area contributed by atoms with Crippen molar-refractivity contribution in [1.29, 1.82) is 0 Å². The summed E-state index contributed by atoms with van der Waals surface area (Å²) in [6.45, 7) is 0. The van der Waals surface area contributed by atoms with Gasteiger partial charge < -0.3 is 4.57 Å². The Bertz CT molecular complexity index is 713. The summed E-state index contributed by atoms with van der Waals surface area (Å²) in [4.78, 5) is 10.6. The summed E-state index contributed by atoms with van der Waals surface area (Å²) < 4.78 is 2.06. The highest BCUT2D eigenvalue weighted by atomic mass is 16.1. The maximum Gasteiger partial charge on any atom is 0.170 e. The first-order chi connectivity index (χ1) is 8.79. The molecular formula is C14H11N3O. The number of carbonyl (C=O) groups excluding carboxylic acids is 1. The molecule has 0 aliphatic carbocycles. The third-order valence-electron chi connectivity index (χ3n) is 2.98. The van der Waals surface area contributed by atoms with E-state index in [0.29, 0.717) is 12.0 Å². The summed E-state index contributed by atoms with van der Waals surface area (Å²) >= 11 is 0. The summed E-state index contributed by atoms with van der Waals surface area (Å²) in [6.07, 6.45) is 2.72. The Morgan fingerprint density at radius 3 is 2.67 bits per heavy atom. The molecule has 0 saturated carbocycles. The summed E-state index contributed by atoms with van der Waals surface area (Å²) in [5.74, 6) is 0. The molecule has 0 aliphatic heterocycles. The first-order valence-corrected chi connectivity index (χ1v) is 5.63. The second-order valence-corrected chi connectivity index (χ2v) is 4.13. The van der Waals surface area contributed by atoms with Crippen LogP contribution in [0.5, 0.6) is 0 Å². The lowest BCUT2D eigenvalue weighted by molar-refractivity contribution is 0.111. The van der Waals surface area contributed by atoms with E-state index in [1.807, 2.05) is 31.4 Å². The number of aldehydes is 1. The van der Waals surface area contributed by atoms with Crippen LogP contribution >= 0.6 is 0 Å². The van der Waals surface area contributed by atoms with Gasteiger partial charge >= 0.3 is 0 Å². The van der Waals surface area contributed by atoms with E-state index in [1.54, 1.807) is 6.07 Å². The van der Waals surface area contributed by atoms with Crippen LogP contribution in [-0.4, -0.2) is 21.1 Å². The standard InChI is InChI=1S/C14H11N3O/c1-17-8-12(11-4-2-3-5-14(11)17)13-7-6-10(9-18)15-16-13/h2-9H,1H3. The van der Waals surface area contributed by atoms with Gasteiger partial charge in [-0.1, -0.05) is 18.2 Å². The molecule has 0 spiro atoms. The van der Waals surface area contributed by atoms with Gasteiger partial charge in [0.25, 0.3) is 0 Å². The quantitative estimate of drug-likeness (QED) is 0.643. The highest BCUT2D eigenvalue weighted by molar-refractivity contribution is 5.95. The van der Waals surface area contributed by atoms with E-state index in [2.05, 4.69) is 26.9 Å². The van der Waals surface area contributed by atoms with Crippen molar-refractivity contribution in [2.45, 2.75) is 0 Å². The average molecular weight is 237 g/mol. The maximum atomic E-state index is 10.6. The molecule has 3 rings (SSSR count). The van der Waals surface area contributed by atoms with E-state index in [1.165, 1.54) is 0 Å². The molecule has 0 bridgehead atoms. The predicted octanol–water partition coefficient (Wildman–Crippen LogP) is 2.45. The van der Waals surface area contributed by atoms with Gasteiger partial charge in [0.2, 0.25) is 0 Å². The Kier molecular flexibility index (Phi) is 2.41. The lowest BCUT2D eigenvalue weighted by Gasteiger charge is -1.97. The van der Waals surface area contributed by atoms with Crippen LogP contribution in [0.25, 0.3) is 22.2 Å². The van der Waals surface area contributed by atoms with E-state index in [0.717, 1.165) is 22.2 Å². The second kappa shape index (κ2) is 4.07. The fourth-order valence-corrected chi connectivity index (χ4v) is 2.09. The minimum atomic E-state index is 0.346. The number of carbonyl (C=O) groups is 1. The molecule has 18 heavy (non-hydrogen) atoms. The Labute approximate surface area is 104 Å². The number of rotatable bonds is 2. The molecule has 2 heterocycles. The molecule has 2 aromatic heterocycles. The van der Waals surface area contributed by atoms with Gasteiger partial charge in [-0.15, -0.1) is 10.2 Å². The minimum absolute atomic E-state index is 0.346. The van der Waals surface area contributed by atoms with Gasteiger partial charge in [-0.05, 0) is 18.2 Å². The molecular weight excluding hydrogens is 226 g/mol. The maximum absolute atomic E-state index is 10.6. The van der Waals surface area contributed by atoms with E-state index in [-0.39, 0.29) is 0 Å². The summed E-state index contributed by atoms with van der Waals surface area (Å²) in [5.41, 5.74) is 3.29. The Hall–Kier alpha value is -2.49. The van der Waals surface area contributed by atoms with Crippen LogP contribution in [0.15, 0.2) is 42.6 Å². The third kappa shape index (κ3) is 1.59. The first-order valence-electron chi connectivity index (χ1n) is 5.63. The molecule has 0 unspecified atom stereocenters. The van der Waals surface area contributed by atoms with Crippen molar-refractivity contribution in [2.24, 2.45) is 7.05 Å². The molecule has 0 N–H and O–H groups in total. The van der Waals surface area contributed by atoms with Gasteiger partial charge in [0.15, 0.2) is 6.29 Å². The van der Waals surface area contributed by atoms with Crippen LogP contribution in [0.2, 0.25) is 0 Å². The van der Waals surface area contributed by atoms with E-state index in [4.69, 9.17) is 0 Å². The van der Waals surface area contributed by atoms with Crippen LogP contribution in [-0.2, 0) is 7.05 Å². The van der Waals surface area contributed by atoms with Gasteiger partial charge in [-0.25, -0.2) is 0 Å². The number of hydrogen-bond acceptors (Lipinski definition) is 3. The van der Waals surface area contributed by atoms with Crippen molar-refractivity contribution in [3.8, 4) is 11.3 Å². The number of benzene rings is 1. The molecule has 0 saturated heterocycles. The molecule has 0 aliphatic rings. The van der Waals surface area contributed by atoms with E-state index < -0.39 is 0 Å². The van der Waals surface area contributed by atoms with Gasteiger partial charge in [0.05, 0.1) is 5.69 Å². The molecule has 0 amide bonds. The lowest BCUT2D eigenvalue weighted by atomic mass is 10.1. The number of para-hydroxylation sites is 1. The molecule has 0 fully saturated rings. The van der Waals surface area contributed by atoms with Crippen LogP contribution in [0.1, 0.15) is 10.5 Å². The number of aromatic nitrogens is 3. The molecule has 4 heteroatoms. The zero-order chi connectivity index (χ0) is 12.5. The van der Waals surface area contributed by atoms with Crippen molar-refractivity contribution < 1.29 is 4.79 Å². The highest BCUT2D eigenvalue weighted by Crippen LogP contribution is 2.28. The van der Waals surface area contributed by atoms with Crippen molar-refractivity contribution in [1.82, 2.24) is 14.8 Å². The lowest BCUT2D eigenvalue weighted by Crippen LogP contribution is -1.92. The highest BCUT2D eigenvalue weighted by Gasteiger charge is 2.09. The largest absolute Gasteiger partial charge is 0.350 e. The zero-order valence-corrected chi connectivity index (χ0v) is 9.87. The molecule has 0 radical (unpaired) electrons. The Morgan fingerprint density at radius 2 is 1.94 bits per heavy atom. The number of hydrogen-bond donors (Lipinski definition) is 0. The molecule has 4 nitrogen and oxygen atoms in total. The Balaban J connectivity index is 2.21. The van der Waals surface area contributed by atoms with Gasteiger partial charge in [0, 0.05) is 29.7 Å². The minimum Gasteiger partial charge on any atom is -0.350 e. The smallest absolute Gasteiger partial charge is 0.170 e. The van der Waals surface area contributed by atoms with Gasteiger partial charge in [-0.3, -0.25) is 4.79 Å². The second-order valence-electron chi connectivity index (χ2n) is 4.13. The van der Waals surface area contributed by atoms with E-state index in [9.17, 15) is 4.79 Å². The first kappa shape index (κ1) is 10.7. The van der Waals surface area contributed by atoms with Crippen molar-refractivity contribution in [3.63, 3.8) is 0 Å². The van der Waals surface area contributed by atoms with Crippen molar-refractivity contribution >= 4 is 17.2 Å². The molecule has 88 valence electrons. The van der Waals surface area contributed by atoms with Crippen molar-refractivity contribution in [3.05, 3.63) is 48.3 Å². The monoisotopic (exact) mass is 237 g/mol. The summed E-state index contributed by atoms with van der Waals surface area (Å²) in [7, 11) is 2.00. The number of nitrogens with zero attached hydrogens (tertiary/aromatic N) is 3. The normalized spacial score (nSPS) is 10.7. The Morgan fingerprint density at radius 1 is 1.11 bits per heavy atom. The molecule has 1 aromatic carbocycles. The van der Waals surface area contributed by atoms with Gasteiger partial charge in [-0.2, -0.15) is 0 Å². The van der Waals surface area contributed by atoms with Crippen LogP contribution in [0.3, 0.4) is 0 Å². The van der Waals surface area contributed by atoms with Crippen molar-refractivity contribution in [2.75, 3.05) is 0 Å². The summed E-state index contributed by atoms with van der Waals surface area (Å²) in [6, 6.07) is 11.6. The number of aryl methyl sites for hydroxylation is 1. The zero-order valence-electron chi connectivity index (χ0n) is 9.87. The number of fused-ring (bicyclic) bond motifs is 1. The van der Waals surface area contributed by atoms with Crippen LogP contribution in [0, 0.1) is 0 Å². The fourth-order valence-electron chi connectivity index (χ4n) is 2.09. The molecule has 3 aromatic rings. The van der Waals surface area contributed by atoms with Crippen LogP contribution in [0.4, 0.5) is 0 Å². The predicted molar refractivity (Wildman–Crippen MR) is 69.3 cm³/mol. The van der Waals surface area contributed by atoms with E-state index >= 15 is 0 Å². The topological polar surface area (TPSA) is 47.8 Å².